The fraction of sp³-hybridized carbons (Fsp3) is 0.158. The number of aryl methyl sites for hydroxylation is 1. The third-order valence-electron chi connectivity index (χ3n) is 3.53. The average molecular weight is 392 g/mol. The molecule has 0 unspecified atom stereocenters. The number of halogens is 1. The van der Waals surface area contributed by atoms with Crippen LogP contribution in [-0.2, 0) is 9.53 Å². The summed E-state index contributed by atoms with van der Waals surface area (Å²) < 4.78 is 15.2. The molecular formula is C19H18ClNO6. The summed E-state index contributed by atoms with van der Waals surface area (Å²) in [6.07, 6.45) is 0.921. The van der Waals surface area contributed by atoms with Crippen molar-refractivity contribution >= 4 is 29.2 Å². The van der Waals surface area contributed by atoms with E-state index in [2.05, 4.69) is 5.32 Å². The Morgan fingerprint density at radius 2 is 1.89 bits per heavy atom. The van der Waals surface area contributed by atoms with Gasteiger partial charge < -0.3 is 24.6 Å². The van der Waals surface area contributed by atoms with Crippen molar-refractivity contribution in [1.82, 2.24) is 0 Å². The number of hydrogen-bond acceptors (Lipinski definition) is 5. The first-order chi connectivity index (χ1) is 12.8. The van der Waals surface area contributed by atoms with E-state index in [9.17, 15) is 9.59 Å². The Bertz CT molecular complexity index is 894. The van der Waals surface area contributed by atoms with Gasteiger partial charge in [0.15, 0.2) is 0 Å². The van der Waals surface area contributed by atoms with E-state index in [4.69, 9.17) is 30.9 Å². The van der Waals surface area contributed by atoms with Crippen LogP contribution in [0.25, 0.3) is 0 Å². The number of carboxylic acid groups (broad SMARTS) is 1. The highest BCUT2D eigenvalue weighted by atomic mass is 35.5. The smallest absolute Gasteiger partial charge is 0.375 e. The number of carbonyl (C=O) groups is 2. The van der Waals surface area contributed by atoms with E-state index < -0.39 is 17.6 Å². The Labute approximate surface area is 161 Å². The molecule has 0 bridgehead atoms. The van der Waals surface area contributed by atoms with Gasteiger partial charge in [0, 0.05) is 16.8 Å². The van der Waals surface area contributed by atoms with Gasteiger partial charge in [-0.1, -0.05) is 17.7 Å². The van der Waals surface area contributed by atoms with Crippen molar-refractivity contribution in [3.8, 4) is 11.5 Å². The lowest BCUT2D eigenvalue weighted by atomic mass is 10.1. The van der Waals surface area contributed by atoms with Crippen molar-refractivity contribution in [1.29, 1.82) is 0 Å². The van der Waals surface area contributed by atoms with Crippen LogP contribution in [0.5, 0.6) is 11.5 Å². The molecule has 0 radical (unpaired) electrons. The van der Waals surface area contributed by atoms with Crippen LogP contribution >= 0.6 is 11.6 Å². The van der Waals surface area contributed by atoms with E-state index >= 15 is 0 Å². The fourth-order valence-corrected chi connectivity index (χ4v) is 2.34. The summed E-state index contributed by atoms with van der Waals surface area (Å²) in [5.74, 6) is -1.75. The number of methoxy groups -OCH3 is 2. The molecule has 2 rings (SSSR count). The van der Waals surface area contributed by atoms with E-state index in [1.807, 2.05) is 6.92 Å². The van der Waals surface area contributed by atoms with Crippen molar-refractivity contribution in [2.45, 2.75) is 6.92 Å². The van der Waals surface area contributed by atoms with Gasteiger partial charge >= 0.3 is 5.97 Å². The highest BCUT2D eigenvalue weighted by Gasteiger charge is 2.19. The maximum absolute atomic E-state index is 12.8. The molecule has 8 heteroatoms. The third kappa shape index (κ3) is 5.15. The molecule has 2 aromatic rings. The highest BCUT2D eigenvalue weighted by molar-refractivity contribution is 6.31. The number of amides is 1. The summed E-state index contributed by atoms with van der Waals surface area (Å²) in [6.45, 7) is 1.83. The molecular weight excluding hydrogens is 374 g/mol. The lowest BCUT2D eigenvalue weighted by molar-refractivity contribution is -0.135. The lowest BCUT2D eigenvalue weighted by Gasteiger charge is -2.14. The summed E-state index contributed by atoms with van der Waals surface area (Å²) >= 11 is 5.99. The molecule has 0 saturated heterocycles. The Kier molecular flexibility index (Phi) is 6.67. The molecule has 0 aromatic heterocycles. The van der Waals surface area contributed by atoms with Crippen molar-refractivity contribution in [3.05, 3.63) is 64.6 Å². The van der Waals surface area contributed by atoms with Gasteiger partial charge in [0.05, 0.1) is 19.8 Å². The van der Waals surface area contributed by atoms with Gasteiger partial charge in [-0.05, 0) is 36.8 Å². The van der Waals surface area contributed by atoms with Gasteiger partial charge in [0.2, 0.25) is 5.76 Å². The van der Waals surface area contributed by atoms with Gasteiger partial charge in [-0.2, -0.15) is 0 Å². The van der Waals surface area contributed by atoms with Crippen LogP contribution in [0, 0.1) is 6.92 Å². The largest absolute Gasteiger partial charge is 0.500 e. The number of carboxylic acids is 1. The van der Waals surface area contributed by atoms with Crippen LogP contribution in [0.15, 0.2) is 48.4 Å². The first-order valence-corrected chi connectivity index (χ1v) is 8.13. The van der Waals surface area contributed by atoms with Crippen LogP contribution in [-0.4, -0.2) is 31.2 Å². The van der Waals surface area contributed by atoms with Crippen molar-refractivity contribution in [2.75, 3.05) is 19.5 Å². The second-order valence-corrected chi connectivity index (χ2v) is 5.84. The molecule has 0 aliphatic carbocycles. The van der Waals surface area contributed by atoms with Crippen molar-refractivity contribution in [3.63, 3.8) is 0 Å². The van der Waals surface area contributed by atoms with Crippen LogP contribution in [0.2, 0.25) is 5.02 Å². The normalized spacial score (nSPS) is 10.9. The maximum atomic E-state index is 12.8. The quantitative estimate of drug-likeness (QED) is 0.549. The number of anilines is 1. The molecule has 0 aliphatic heterocycles. The Morgan fingerprint density at radius 1 is 1.15 bits per heavy atom. The number of aliphatic carboxylic acids is 1. The van der Waals surface area contributed by atoms with Crippen molar-refractivity contribution in [2.24, 2.45) is 0 Å². The van der Waals surface area contributed by atoms with Gasteiger partial charge in [-0.25, -0.2) is 4.79 Å². The van der Waals surface area contributed by atoms with Gasteiger partial charge in [-0.3, -0.25) is 4.79 Å². The summed E-state index contributed by atoms with van der Waals surface area (Å²) in [6, 6.07) is 9.51. The number of carbonyl (C=O) groups excluding carboxylic acids is 1. The average Bonchev–Trinajstić information content (AvgIpc) is 2.64. The topological polar surface area (TPSA) is 94.1 Å². The predicted molar refractivity (Wildman–Crippen MR) is 100 cm³/mol. The van der Waals surface area contributed by atoms with Crippen molar-refractivity contribution < 1.29 is 28.9 Å². The first-order valence-electron chi connectivity index (χ1n) is 7.75. The lowest BCUT2D eigenvalue weighted by Crippen LogP contribution is -2.16. The molecule has 0 atom stereocenters. The molecule has 0 spiro atoms. The Balaban J connectivity index is 2.37. The Hall–Kier alpha value is -3.19. The minimum absolute atomic E-state index is 0.0168. The zero-order chi connectivity index (χ0) is 20.0. The molecule has 0 saturated carbocycles. The number of rotatable bonds is 7. The number of hydrogen-bond donors (Lipinski definition) is 2. The Morgan fingerprint density at radius 3 is 2.52 bits per heavy atom. The number of ether oxygens (including phenoxy) is 3. The molecule has 7 nitrogen and oxygen atoms in total. The molecule has 2 N–H and O–H groups in total. The van der Waals surface area contributed by atoms with Gasteiger partial charge in [0.1, 0.15) is 17.8 Å². The molecule has 2 aromatic carbocycles. The zero-order valence-electron chi connectivity index (χ0n) is 14.9. The van der Waals surface area contributed by atoms with E-state index in [-0.39, 0.29) is 11.3 Å². The molecule has 0 heterocycles. The van der Waals surface area contributed by atoms with Crippen LogP contribution < -0.4 is 14.8 Å². The van der Waals surface area contributed by atoms with E-state index in [1.54, 1.807) is 18.2 Å². The highest BCUT2D eigenvalue weighted by Crippen LogP contribution is 2.27. The fourth-order valence-electron chi connectivity index (χ4n) is 2.16. The van der Waals surface area contributed by atoms with Gasteiger partial charge in [0.25, 0.3) is 5.91 Å². The molecule has 27 heavy (non-hydrogen) atoms. The predicted octanol–water partition coefficient (Wildman–Crippen LogP) is 3.86. The number of nitrogens with one attached hydrogen (secondary N) is 1. The van der Waals surface area contributed by atoms with E-state index in [0.717, 1.165) is 11.8 Å². The monoisotopic (exact) mass is 391 g/mol. The second-order valence-electron chi connectivity index (χ2n) is 5.40. The minimum Gasteiger partial charge on any atom is -0.500 e. The minimum atomic E-state index is -1.35. The summed E-state index contributed by atoms with van der Waals surface area (Å²) in [7, 11) is 2.81. The SMILES string of the molecule is COC=C(Oc1ccc(Cl)cc1C(=O)Nc1cc(OC)ccc1C)C(=O)O. The molecule has 0 aliphatic rings. The zero-order valence-corrected chi connectivity index (χ0v) is 15.7. The summed E-state index contributed by atoms with van der Waals surface area (Å²) in [5, 5.41) is 12.2. The molecule has 142 valence electrons. The number of benzene rings is 2. The van der Waals surface area contributed by atoms with Crippen LogP contribution in [0.3, 0.4) is 0 Å². The summed E-state index contributed by atoms with van der Waals surface area (Å²) in [4.78, 5) is 24.0. The third-order valence-corrected chi connectivity index (χ3v) is 3.77. The molecule has 0 fully saturated rings. The van der Waals surface area contributed by atoms with E-state index in [0.29, 0.717) is 16.5 Å². The molecule has 1 amide bonds. The standard InChI is InChI=1S/C19H18ClNO6/c1-11-4-6-13(26-3)9-15(11)21-18(22)14-8-12(20)5-7-16(14)27-17(10-25-2)19(23)24/h4-10H,1-3H3,(H,21,22)(H,23,24). The van der Waals surface area contributed by atoms with Crippen LogP contribution in [0.1, 0.15) is 15.9 Å². The second kappa shape index (κ2) is 8.95. The first kappa shape index (κ1) is 20.1. The van der Waals surface area contributed by atoms with E-state index in [1.165, 1.54) is 32.4 Å². The maximum Gasteiger partial charge on any atom is 0.375 e. The van der Waals surface area contributed by atoms with Crippen LogP contribution in [0.4, 0.5) is 5.69 Å². The van der Waals surface area contributed by atoms with Gasteiger partial charge in [-0.15, -0.1) is 0 Å². The summed E-state index contributed by atoms with van der Waals surface area (Å²) in [5.41, 5.74) is 1.42.